The normalized spacial score (nSPS) is 9.85. The quantitative estimate of drug-likeness (QED) is 0.574. The van der Waals surface area contributed by atoms with Crippen LogP contribution >= 0.6 is 0 Å². The van der Waals surface area contributed by atoms with Gasteiger partial charge in [-0.2, -0.15) is 0 Å². The molecule has 1 rings (SSSR count). The molecule has 0 fully saturated rings. The minimum absolute atomic E-state index is 0.0230. The summed E-state index contributed by atoms with van der Waals surface area (Å²) in [4.78, 5) is 32.4. The van der Waals surface area contributed by atoms with E-state index in [-0.39, 0.29) is 25.9 Å². The molecule has 0 saturated carbocycles. The summed E-state index contributed by atoms with van der Waals surface area (Å²) >= 11 is 0. The fraction of sp³-hybridized carbons (Fsp3) is 0.357. The number of esters is 1. The van der Waals surface area contributed by atoms with Crippen molar-refractivity contribution in [1.82, 2.24) is 0 Å². The third-order valence-electron chi connectivity index (χ3n) is 2.58. The van der Waals surface area contributed by atoms with Gasteiger partial charge in [0.1, 0.15) is 12.4 Å². The van der Waals surface area contributed by atoms with E-state index in [1.165, 1.54) is 0 Å². The third-order valence-corrected chi connectivity index (χ3v) is 2.58. The van der Waals surface area contributed by atoms with Gasteiger partial charge in [0.25, 0.3) is 0 Å². The molecule has 0 saturated heterocycles. The molecule has 0 aliphatic rings. The molecular formula is C14H16O6. The minimum Gasteiger partial charge on any atom is -0.497 e. The first-order valence-electron chi connectivity index (χ1n) is 6.07. The summed E-state index contributed by atoms with van der Waals surface area (Å²) in [5.41, 5.74) is 0.820. The molecule has 1 N–H and O–H groups in total. The van der Waals surface area contributed by atoms with Gasteiger partial charge in [-0.25, -0.2) is 4.79 Å². The number of carbonyl (C=O) groups excluding carboxylic acids is 2. The van der Waals surface area contributed by atoms with Crippen LogP contribution in [0.5, 0.6) is 5.75 Å². The van der Waals surface area contributed by atoms with Gasteiger partial charge in [0, 0.05) is 12.8 Å². The number of aliphatic carboxylic acids is 1. The van der Waals surface area contributed by atoms with Gasteiger partial charge < -0.3 is 14.6 Å². The number of benzene rings is 1. The Kier molecular flexibility index (Phi) is 6.22. The van der Waals surface area contributed by atoms with E-state index in [1.807, 2.05) is 0 Å². The van der Waals surface area contributed by atoms with Gasteiger partial charge in [-0.05, 0) is 24.1 Å². The number of hydrogen-bond donors (Lipinski definition) is 1. The van der Waals surface area contributed by atoms with Crippen molar-refractivity contribution in [3.05, 3.63) is 29.8 Å². The molecule has 1 aromatic carbocycles. The standard InChI is InChI=1S/C14H16O6/c1-19-11-7-5-10(6-8-11)9-20-13(16)4-2-3-12(15)14(17)18/h5-8H,2-4,9H2,1H3,(H,17,18). The topological polar surface area (TPSA) is 89.9 Å². The second kappa shape index (κ2) is 7.93. The van der Waals surface area contributed by atoms with Gasteiger partial charge in [0.2, 0.25) is 5.78 Å². The maximum Gasteiger partial charge on any atom is 0.372 e. The average Bonchev–Trinajstić information content (AvgIpc) is 2.45. The molecule has 6 heteroatoms. The zero-order valence-corrected chi connectivity index (χ0v) is 11.1. The van der Waals surface area contributed by atoms with Crippen LogP contribution in [0.15, 0.2) is 24.3 Å². The van der Waals surface area contributed by atoms with Crippen molar-refractivity contribution in [2.24, 2.45) is 0 Å². The lowest BCUT2D eigenvalue weighted by molar-refractivity contribution is -0.149. The van der Waals surface area contributed by atoms with Crippen LogP contribution in [-0.4, -0.2) is 29.9 Å². The highest BCUT2D eigenvalue weighted by Crippen LogP contribution is 2.12. The summed E-state index contributed by atoms with van der Waals surface area (Å²) in [7, 11) is 1.56. The fourth-order valence-electron chi connectivity index (χ4n) is 1.46. The number of hydrogen-bond acceptors (Lipinski definition) is 5. The first kappa shape index (κ1) is 15.7. The Hall–Kier alpha value is -2.37. The molecule has 0 atom stereocenters. The molecule has 0 unspecified atom stereocenters. The van der Waals surface area contributed by atoms with Crippen molar-refractivity contribution in [3.63, 3.8) is 0 Å². The number of carboxylic acid groups (broad SMARTS) is 1. The molecule has 20 heavy (non-hydrogen) atoms. The number of methoxy groups -OCH3 is 1. The van der Waals surface area contributed by atoms with Crippen LogP contribution in [0, 0.1) is 0 Å². The Balaban J connectivity index is 2.25. The van der Waals surface area contributed by atoms with E-state index in [0.717, 1.165) is 5.56 Å². The minimum atomic E-state index is -1.48. The maximum absolute atomic E-state index is 11.4. The van der Waals surface area contributed by atoms with Crippen LogP contribution in [0.4, 0.5) is 0 Å². The van der Waals surface area contributed by atoms with Crippen LogP contribution in [-0.2, 0) is 25.7 Å². The van der Waals surface area contributed by atoms with Crippen LogP contribution in [0.3, 0.4) is 0 Å². The van der Waals surface area contributed by atoms with Crippen molar-refractivity contribution in [3.8, 4) is 5.75 Å². The number of Topliss-reactive ketones (excluding diaryl/α,β-unsaturated/α-hetero) is 1. The molecule has 0 aromatic heterocycles. The summed E-state index contributed by atoms with van der Waals surface area (Å²) < 4.78 is 10.0. The molecule has 0 heterocycles. The smallest absolute Gasteiger partial charge is 0.372 e. The number of carboxylic acids is 1. The van der Waals surface area contributed by atoms with E-state index in [1.54, 1.807) is 31.4 Å². The Morgan fingerprint density at radius 3 is 2.30 bits per heavy atom. The van der Waals surface area contributed by atoms with Gasteiger partial charge in [-0.3, -0.25) is 9.59 Å². The maximum atomic E-state index is 11.4. The van der Waals surface area contributed by atoms with Gasteiger partial charge in [0.15, 0.2) is 0 Å². The van der Waals surface area contributed by atoms with Gasteiger partial charge in [-0.15, -0.1) is 0 Å². The molecule has 0 radical (unpaired) electrons. The first-order valence-corrected chi connectivity index (χ1v) is 6.07. The molecule has 0 spiro atoms. The third kappa shape index (κ3) is 5.51. The predicted octanol–water partition coefficient (Wildman–Crippen LogP) is 1.56. The fourth-order valence-corrected chi connectivity index (χ4v) is 1.46. The summed E-state index contributed by atoms with van der Waals surface area (Å²) in [6, 6.07) is 7.07. The Bertz CT molecular complexity index is 477. The van der Waals surface area contributed by atoms with E-state index in [9.17, 15) is 14.4 Å². The monoisotopic (exact) mass is 280 g/mol. The molecule has 0 amide bonds. The highest BCUT2D eigenvalue weighted by molar-refractivity contribution is 6.32. The van der Waals surface area contributed by atoms with Crippen molar-refractivity contribution < 1.29 is 29.0 Å². The lowest BCUT2D eigenvalue weighted by atomic mass is 10.2. The number of rotatable bonds is 8. The summed E-state index contributed by atoms with van der Waals surface area (Å²) in [6.07, 6.45) is 0.0364. The van der Waals surface area contributed by atoms with Crippen molar-refractivity contribution in [2.75, 3.05) is 7.11 Å². The van der Waals surface area contributed by atoms with E-state index in [4.69, 9.17) is 14.6 Å². The van der Waals surface area contributed by atoms with Gasteiger partial charge in [0.05, 0.1) is 7.11 Å². The second-order valence-electron chi connectivity index (χ2n) is 4.09. The molecule has 1 aromatic rings. The van der Waals surface area contributed by atoms with Crippen LogP contribution < -0.4 is 4.74 Å². The number of carbonyl (C=O) groups is 3. The number of ketones is 1. The largest absolute Gasteiger partial charge is 0.497 e. The van der Waals surface area contributed by atoms with Crippen molar-refractivity contribution >= 4 is 17.7 Å². The first-order chi connectivity index (χ1) is 9.52. The van der Waals surface area contributed by atoms with E-state index >= 15 is 0 Å². The van der Waals surface area contributed by atoms with Crippen LogP contribution in [0.1, 0.15) is 24.8 Å². The Morgan fingerprint density at radius 2 is 1.75 bits per heavy atom. The molecular weight excluding hydrogens is 264 g/mol. The van der Waals surface area contributed by atoms with Crippen LogP contribution in [0.25, 0.3) is 0 Å². The Labute approximate surface area is 116 Å². The van der Waals surface area contributed by atoms with Gasteiger partial charge >= 0.3 is 11.9 Å². The van der Waals surface area contributed by atoms with Gasteiger partial charge in [-0.1, -0.05) is 12.1 Å². The highest BCUT2D eigenvalue weighted by Gasteiger charge is 2.12. The molecule has 6 nitrogen and oxygen atoms in total. The average molecular weight is 280 g/mol. The van der Waals surface area contributed by atoms with E-state index in [2.05, 4.69) is 0 Å². The van der Waals surface area contributed by atoms with Crippen molar-refractivity contribution in [2.45, 2.75) is 25.9 Å². The summed E-state index contributed by atoms with van der Waals surface area (Å²) in [6.45, 7) is 0.135. The summed E-state index contributed by atoms with van der Waals surface area (Å²) in [5.74, 6) is -2.11. The highest BCUT2D eigenvalue weighted by atomic mass is 16.5. The molecule has 0 aliphatic heterocycles. The molecule has 0 bridgehead atoms. The second-order valence-corrected chi connectivity index (χ2v) is 4.09. The lowest BCUT2D eigenvalue weighted by Gasteiger charge is -2.05. The lowest BCUT2D eigenvalue weighted by Crippen LogP contribution is -2.13. The number of ether oxygens (including phenoxy) is 2. The van der Waals surface area contributed by atoms with Crippen molar-refractivity contribution in [1.29, 1.82) is 0 Å². The van der Waals surface area contributed by atoms with Crippen LogP contribution in [0.2, 0.25) is 0 Å². The van der Waals surface area contributed by atoms with E-state index in [0.29, 0.717) is 5.75 Å². The molecule has 0 aliphatic carbocycles. The zero-order chi connectivity index (χ0) is 15.0. The molecule has 108 valence electrons. The Morgan fingerprint density at radius 1 is 1.10 bits per heavy atom. The summed E-state index contributed by atoms with van der Waals surface area (Å²) in [5, 5.41) is 8.37. The SMILES string of the molecule is COc1ccc(COC(=O)CCCC(=O)C(=O)O)cc1. The predicted molar refractivity (Wildman–Crippen MR) is 69.3 cm³/mol. The zero-order valence-electron chi connectivity index (χ0n) is 11.1. The van der Waals surface area contributed by atoms with E-state index < -0.39 is 17.7 Å².